The molecule has 1 aliphatic rings. The standard InChI is InChI=1S/C12H20O/c1-9-6-7-10(2)11(8-9)13-12(3,4)5/h8H,6-7H2,1-5H3. The molecule has 1 aliphatic carbocycles. The molecule has 0 N–H and O–H groups in total. The largest absolute Gasteiger partial charge is 0.488 e. The van der Waals surface area contributed by atoms with Crippen LogP contribution in [0.2, 0.25) is 0 Å². The van der Waals surface area contributed by atoms with E-state index in [2.05, 4.69) is 40.7 Å². The lowest BCUT2D eigenvalue weighted by molar-refractivity contribution is 0.0569. The molecule has 0 aromatic carbocycles. The van der Waals surface area contributed by atoms with Gasteiger partial charge < -0.3 is 4.74 Å². The summed E-state index contributed by atoms with van der Waals surface area (Å²) in [6.45, 7) is 10.6. The Kier molecular flexibility index (Phi) is 2.84. The van der Waals surface area contributed by atoms with Gasteiger partial charge in [-0.25, -0.2) is 0 Å². The molecule has 0 amide bonds. The lowest BCUT2D eigenvalue weighted by Gasteiger charge is -2.26. The highest BCUT2D eigenvalue weighted by atomic mass is 16.5. The van der Waals surface area contributed by atoms with E-state index in [4.69, 9.17) is 4.74 Å². The molecule has 0 atom stereocenters. The summed E-state index contributed by atoms with van der Waals surface area (Å²) in [5, 5.41) is 0. The van der Waals surface area contributed by atoms with Crippen molar-refractivity contribution in [3.05, 3.63) is 23.0 Å². The summed E-state index contributed by atoms with van der Waals surface area (Å²) < 4.78 is 5.86. The Balaban J connectivity index is 2.78. The van der Waals surface area contributed by atoms with E-state index in [1.54, 1.807) is 0 Å². The first-order chi connectivity index (χ1) is 5.88. The summed E-state index contributed by atoms with van der Waals surface area (Å²) in [5.41, 5.74) is 2.72. The number of rotatable bonds is 1. The Bertz CT molecular complexity index is 251. The van der Waals surface area contributed by atoms with Crippen LogP contribution in [0.5, 0.6) is 0 Å². The van der Waals surface area contributed by atoms with Crippen molar-refractivity contribution in [1.29, 1.82) is 0 Å². The van der Waals surface area contributed by atoms with Crippen LogP contribution in [-0.4, -0.2) is 5.60 Å². The zero-order valence-corrected chi connectivity index (χ0v) is 9.40. The number of hydrogen-bond donors (Lipinski definition) is 0. The molecule has 0 aliphatic heterocycles. The van der Waals surface area contributed by atoms with Gasteiger partial charge in [-0.3, -0.25) is 0 Å². The molecule has 0 heterocycles. The van der Waals surface area contributed by atoms with Crippen molar-refractivity contribution in [2.75, 3.05) is 0 Å². The van der Waals surface area contributed by atoms with Crippen molar-refractivity contribution in [3.8, 4) is 0 Å². The summed E-state index contributed by atoms with van der Waals surface area (Å²) >= 11 is 0. The highest BCUT2D eigenvalue weighted by Crippen LogP contribution is 2.27. The van der Waals surface area contributed by atoms with Crippen LogP contribution in [0.4, 0.5) is 0 Å². The zero-order valence-electron chi connectivity index (χ0n) is 9.40. The van der Waals surface area contributed by atoms with E-state index in [9.17, 15) is 0 Å². The normalized spacial score (nSPS) is 18.7. The first-order valence-corrected chi connectivity index (χ1v) is 4.94. The summed E-state index contributed by atoms with van der Waals surface area (Å²) in [6, 6.07) is 0. The van der Waals surface area contributed by atoms with Crippen molar-refractivity contribution < 1.29 is 4.74 Å². The van der Waals surface area contributed by atoms with Crippen molar-refractivity contribution in [1.82, 2.24) is 0 Å². The minimum absolute atomic E-state index is 0.0787. The lowest BCUT2D eigenvalue weighted by Crippen LogP contribution is -2.19. The summed E-state index contributed by atoms with van der Waals surface area (Å²) in [7, 11) is 0. The maximum Gasteiger partial charge on any atom is 0.118 e. The van der Waals surface area contributed by atoms with Gasteiger partial charge in [0, 0.05) is 0 Å². The molecule has 0 unspecified atom stereocenters. The van der Waals surface area contributed by atoms with Gasteiger partial charge in [-0.1, -0.05) is 5.57 Å². The molecule has 0 saturated carbocycles. The van der Waals surface area contributed by atoms with Crippen LogP contribution in [0.3, 0.4) is 0 Å². The van der Waals surface area contributed by atoms with Gasteiger partial charge in [0.05, 0.1) is 0 Å². The average Bonchev–Trinajstić information content (AvgIpc) is 1.94. The number of allylic oxidation sites excluding steroid dienone is 3. The van der Waals surface area contributed by atoms with Crippen LogP contribution < -0.4 is 0 Å². The third-order valence-electron chi connectivity index (χ3n) is 2.11. The Morgan fingerprint density at radius 2 is 1.77 bits per heavy atom. The topological polar surface area (TPSA) is 9.23 Å². The fourth-order valence-corrected chi connectivity index (χ4v) is 1.37. The van der Waals surface area contributed by atoms with Gasteiger partial charge in [0.1, 0.15) is 11.4 Å². The molecule has 1 nitrogen and oxygen atoms in total. The van der Waals surface area contributed by atoms with Crippen LogP contribution in [0.15, 0.2) is 23.0 Å². The molecule has 0 spiro atoms. The monoisotopic (exact) mass is 180 g/mol. The predicted octanol–water partition coefficient (Wildman–Crippen LogP) is 3.82. The third-order valence-corrected chi connectivity index (χ3v) is 2.11. The van der Waals surface area contributed by atoms with Crippen molar-refractivity contribution in [2.24, 2.45) is 0 Å². The Labute approximate surface area is 81.5 Å². The zero-order chi connectivity index (χ0) is 10.1. The van der Waals surface area contributed by atoms with Gasteiger partial charge in [0.2, 0.25) is 0 Å². The Morgan fingerprint density at radius 1 is 1.15 bits per heavy atom. The van der Waals surface area contributed by atoms with Crippen LogP contribution >= 0.6 is 0 Å². The Morgan fingerprint density at radius 3 is 2.31 bits per heavy atom. The minimum atomic E-state index is -0.0787. The van der Waals surface area contributed by atoms with Crippen molar-refractivity contribution in [2.45, 2.75) is 53.1 Å². The molecular weight excluding hydrogens is 160 g/mol. The van der Waals surface area contributed by atoms with E-state index in [-0.39, 0.29) is 5.60 Å². The summed E-state index contributed by atoms with van der Waals surface area (Å²) in [4.78, 5) is 0. The van der Waals surface area contributed by atoms with Crippen molar-refractivity contribution in [3.63, 3.8) is 0 Å². The second-order valence-electron chi connectivity index (χ2n) is 4.85. The molecule has 0 aromatic rings. The van der Waals surface area contributed by atoms with Crippen LogP contribution in [-0.2, 0) is 4.74 Å². The van der Waals surface area contributed by atoms with Crippen LogP contribution in [0.1, 0.15) is 47.5 Å². The smallest absolute Gasteiger partial charge is 0.118 e. The second kappa shape index (κ2) is 3.57. The predicted molar refractivity (Wildman–Crippen MR) is 56.5 cm³/mol. The minimum Gasteiger partial charge on any atom is -0.488 e. The number of ether oxygens (including phenoxy) is 1. The van der Waals surface area contributed by atoms with Crippen molar-refractivity contribution >= 4 is 0 Å². The van der Waals surface area contributed by atoms with Crippen LogP contribution in [0, 0.1) is 0 Å². The first-order valence-electron chi connectivity index (χ1n) is 4.94. The SMILES string of the molecule is CC1=CC(OC(C)(C)C)=C(C)CC1. The summed E-state index contributed by atoms with van der Waals surface area (Å²) in [6.07, 6.45) is 4.50. The highest BCUT2D eigenvalue weighted by molar-refractivity contribution is 5.27. The van der Waals surface area contributed by atoms with Gasteiger partial charge in [-0.2, -0.15) is 0 Å². The quantitative estimate of drug-likeness (QED) is 0.596. The average molecular weight is 180 g/mol. The molecule has 0 bridgehead atoms. The molecule has 0 aromatic heterocycles. The molecule has 0 radical (unpaired) electrons. The third kappa shape index (κ3) is 3.25. The molecule has 0 saturated heterocycles. The van der Waals surface area contributed by atoms with E-state index in [0.717, 1.165) is 12.2 Å². The molecule has 1 rings (SSSR count). The maximum absolute atomic E-state index is 5.86. The van der Waals surface area contributed by atoms with Gasteiger partial charge >= 0.3 is 0 Å². The first kappa shape index (κ1) is 10.4. The van der Waals surface area contributed by atoms with Gasteiger partial charge in [-0.05, 0) is 59.1 Å². The fourth-order valence-electron chi connectivity index (χ4n) is 1.37. The molecule has 1 heteroatoms. The maximum atomic E-state index is 5.86. The van der Waals surface area contributed by atoms with Crippen LogP contribution in [0.25, 0.3) is 0 Å². The molecule has 13 heavy (non-hydrogen) atoms. The fraction of sp³-hybridized carbons (Fsp3) is 0.667. The summed E-state index contributed by atoms with van der Waals surface area (Å²) in [5.74, 6) is 1.08. The molecule has 0 fully saturated rings. The van der Waals surface area contributed by atoms with E-state index < -0.39 is 0 Å². The second-order valence-corrected chi connectivity index (χ2v) is 4.85. The van der Waals surface area contributed by atoms with Gasteiger partial charge in [0.25, 0.3) is 0 Å². The number of hydrogen-bond acceptors (Lipinski definition) is 1. The highest BCUT2D eigenvalue weighted by Gasteiger charge is 2.16. The molecular formula is C12H20O. The molecule has 74 valence electrons. The van der Waals surface area contributed by atoms with E-state index >= 15 is 0 Å². The Hall–Kier alpha value is -0.720. The van der Waals surface area contributed by atoms with Gasteiger partial charge in [-0.15, -0.1) is 0 Å². The lowest BCUT2D eigenvalue weighted by atomic mass is 9.99. The van der Waals surface area contributed by atoms with E-state index in [1.807, 2.05) is 0 Å². The van der Waals surface area contributed by atoms with E-state index in [1.165, 1.54) is 17.6 Å². The van der Waals surface area contributed by atoms with E-state index in [0.29, 0.717) is 0 Å². The van der Waals surface area contributed by atoms with Gasteiger partial charge in [0.15, 0.2) is 0 Å².